The van der Waals surface area contributed by atoms with Gasteiger partial charge in [-0.15, -0.1) is 0 Å². The molecule has 37 heavy (non-hydrogen) atoms. The minimum absolute atomic E-state index is 0.000541. The van der Waals surface area contributed by atoms with Crippen LogP contribution >= 0.6 is 11.8 Å². The molecule has 0 radical (unpaired) electrons. The highest BCUT2D eigenvalue weighted by Gasteiger charge is 2.30. The monoisotopic (exact) mass is 513 g/mol. The number of carbonyl (C=O) groups is 2. The fraction of sp³-hybridized carbons (Fsp3) is 0.267. The Morgan fingerprint density at radius 1 is 1.05 bits per heavy atom. The largest absolute Gasteiger partial charge is 0.496 e. The molecule has 0 spiro atoms. The lowest BCUT2D eigenvalue weighted by molar-refractivity contribution is -0.114. The van der Waals surface area contributed by atoms with Gasteiger partial charge >= 0.3 is 0 Å². The van der Waals surface area contributed by atoms with Crippen molar-refractivity contribution in [3.63, 3.8) is 0 Å². The van der Waals surface area contributed by atoms with Crippen molar-refractivity contribution < 1.29 is 14.3 Å². The zero-order valence-electron chi connectivity index (χ0n) is 21.6. The van der Waals surface area contributed by atoms with Crippen LogP contribution in [-0.2, 0) is 4.79 Å². The maximum absolute atomic E-state index is 13.5. The maximum Gasteiger partial charge on any atom is 0.264 e. The maximum atomic E-state index is 13.5. The summed E-state index contributed by atoms with van der Waals surface area (Å²) in [5.41, 5.74) is 4.63. The van der Waals surface area contributed by atoms with Crippen molar-refractivity contribution in [3.05, 3.63) is 88.3 Å². The SMILES string of the molecule is COc1ccccc1C=C1Sc2ccc(C(=O)N3CCN(c4ccc(C)cc4)C(C)C3)cc2N(C)C1=O. The number of para-hydroxylation sites is 1. The number of piperazine rings is 1. The Bertz CT molecular complexity index is 1370. The number of nitrogens with zero attached hydrogens (tertiary/aromatic N) is 3. The summed E-state index contributed by atoms with van der Waals surface area (Å²) in [7, 11) is 3.38. The third-order valence-electron chi connectivity index (χ3n) is 7.01. The lowest BCUT2D eigenvalue weighted by Gasteiger charge is -2.41. The minimum atomic E-state index is -0.103. The van der Waals surface area contributed by atoms with Crippen molar-refractivity contribution in [1.82, 2.24) is 4.90 Å². The van der Waals surface area contributed by atoms with Gasteiger partial charge in [0.25, 0.3) is 11.8 Å². The molecule has 2 heterocycles. The van der Waals surface area contributed by atoms with Crippen molar-refractivity contribution in [2.75, 3.05) is 43.6 Å². The Balaban J connectivity index is 1.33. The molecule has 1 atom stereocenters. The van der Waals surface area contributed by atoms with Gasteiger partial charge in [0.05, 0.1) is 17.7 Å². The summed E-state index contributed by atoms with van der Waals surface area (Å²) in [6, 6.07) is 22.0. The summed E-state index contributed by atoms with van der Waals surface area (Å²) in [4.78, 5) is 34.1. The molecule has 0 N–H and O–H groups in total. The number of anilines is 2. The summed E-state index contributed by atoms with van der Waals surface area (Å²) in [5.74, 6) is 0.613. The Morgan fingerprint density at radius 2 is 1.81 bits per heavy atom. The van der Waals surface area contributed by atoms with Crippen molar-refractivity contribution in [3.8, 4) is 5.75 Å². The van der Waals surface area contributed by atoms with E-state index in [0.717, 1.165) is 28.4 Å². The molecule has 2 amide bonds. The standard InChI is InChI=1S/C30H31N3O3S/c1-20-9-12-24(13-10-20)33-16-15-32(19-21(33)2)29(34)23-11-14-27-25(17-23)31(3)30(35)28(37-27)18-22-7-5-6-8-26(22)36-4/h5-14,17-18,21H,15-16,19H2,1-4H3. The average Bonchev–Trinajstić information content (AvgIpc) is 2.92. The molecule has 1 saturated heterocycles. The van der Waals surface area contributed by atoms with Crippen molar-refractivity contribution in [1.29, 1.82) is 0 Å². The summed E-state index contributed by atoms with van der Waals surface area (Å²) >= 11 is 1.42. The number of likely N-dealkylation sites (N-methyl/N-ethyl adjacent to an activating group) is 1. The number of benzene rings is 3. The molecule has 7 heteroatoms. The molecule has 1 unspecified atom stereocenters. The van der Waals surface area contributed by atoms with Crippen molar-refractivity contribution in [2.24, 2.45) is 0 Å². The highest BCUT2D eigenvalue weighted by Crippen LogP contribution is 2.42. The first kappa shape index (κ1) is 25.0. The topological polar surface area (TPSA) is 53.1 Å². The van der Waals surface area contributed by atoms with Crippen LogP contribution in [0.25, 0.3) is 6.08 Å². The zero-order chi connectivity index (χ0) is 26.1. The number of ether oxygens (including phenoxy) is 1. The normalized spacial score (nSPS) is 18.7. The van der Waals surface area contributed by atoms with E-state index in [9.17, 15) is 9.59 Å². The fourth-order valence-corrected chi connectivity index (χ4v) is 5.98. The van der Waals surface area contributed by atoms with Crippen LogP contribution in [-0.4, -0.2) is 56.5 Å². The molecule has 2 aliphatic rings. The van der Waals surface area contributed by atoms with E-state index >= 15 is 0 Å². The number of rotatable bonds is 4. The fourth-order valence-electron chi connectivity index (χ4n) is 4.90. The number of hydrogen-bond acceptors (Lipinski definition) is 5. The van der Waals surface area contributed by atoms with Crippen LogP contribution < -0.4 is 14.5 Å². The molecular weight excluding hydrogens is 482 g/mol. The van der Waals surface area contributed by atoms with E-state index in [1.165, 1.54) is 23.0 Å². The number of aryl methyl sites for hydroxylation is 1. The van der Waals surface area contributed by atoms with Gasteiger partial charge in [0, 0.05) is 54.4 Å². The molecule has 0 aliphatic carbocycles. The number of amides is 2. The van der Waals surface area contributed by atoms with E-state index in [0.29, 0.717) is 23.6 Å². The summed E-state index contributed by atoms with van der Waals surface area (Å²) in [5, 5.41) is 0. The molecule has 2 aliphatic heterocycles. The summed E-state index contributed by atoms with van der Waals surface area (Å²) < 4.78 is 5.44. The second kappa shape index (κ2) is 10.3. The summed E-state index contributed by atoms with van der Waals surface area (Å²) in [6.07, 6.45) is 1.86. The van der Waals surface area contributed by atoms with E-state index in [1.807, 2.05) is 53.4 Å². The molecular formula is C30H31N3O3S. The lowest BCUT2D eigenvalue weighted by atomic mass is 10.1. The van der Waals surface area contributed by atoms with Crippen LogP contribution in [0.4, 0.5) is 11.4 Å². The third-order valence-corrected chi connectivity index (χ3v) is 8.09. The second-order valence-corrected chi connectivity index (χ2v) is 10.6. The van der Waals surface area contributed by atoms with Gasteiger partial charge in [0.2, 0.25) is 0 Å². The Hall–Kier alpha value is -3.71. The first-order valence-corrected chi connectivity index (χ1v) is 13.2. The van der Waals surface area contributed by atoms with Gasteiger partial charge in [-0.2, -0.15) is 0 Å². The van der Waals surface area contributed by atoms with Crippen LogP contribution in [0.3, 0.4) is 0 Å². The number of thioether (sulfide) groups is 1. The van der Waals surface area contributed by atoms with E-state index in [4.69, 9.17) is 4.74 Å². The predicted octanol–water partition coefficient (Wildman–Crippen LogP) is 5.46. The van der Waals surface area contributed by atoms with E-state index in [2.05, 4.69) is 43.0 Å². The molecule has 3 aromatic rings. The highest BCUT2D eigenvalue weighted by atomic mass is 32.2. The van der Waals surface area contributed by atoms with Crippen LogP contribution in [0.1, 0.15) is 28.4 Å². The van der Waals surface area contributed by atoms with Crippen LogP contribution in [0.2, 0.25) is 0 Å². The molecule has 190 valence electrons. The van der Waals surface area contributed by atoms with Crippen LogP contribution in [0, 0.1) is 6.92 Å². The Morgan fingerprint density at radius 3 is 2.54 bits per heavy atom. The predicted molar refractivity (Wildman–Crippen MR) is 151 cm³/mol. The van der Waals surface area contributed by atoms with Gasteiger partial charge in [0.1, 0.15) is 5.75 Å². The van der Waals surface area contributed by atoms with Crippen molar-refractivity contribution >= 4 is 41.0 Å². The molecule has 6 nitrogen and oxygen atoms in total. The zero-order valence-corrected chi connectivity index (χ0v) is 22.4. The first-order chi connectivity index (χ1) is 17.9. The smallest absolute Gasteiger partial charge is 0.264 e. The molecule has 3 aromatic carbocycles. The van der Waals surface area contributed by atoms with Gasteiger partial charge in [0.15, 0.2) is 0 Å². The minimum Gasteiger partial charge on any atom is -0.496 e. The molecule has 0 saturated carbocycles. The molecule has 0 aromatic heterocycles. The van der Waals surface area contributed by atoms with Gasteiger partial charge in [-0.25, -0.2) is 0 Å². The van der Waals surface area contributed by atoms with Gasteiger partial charge in [-0.3, -0.25) is 9.59 Å². The Kier molecular flexibility index (Phi) is 6.98. The number of hydrogen-bond donors (Lipinski definition) is 0. The number of carbonyl (C=O) groups excluding carboxylic acids is 2. The third kappa shape index (κ3) is 4.96. The van der Waals surface area contributed by atoms with Crippen LogP contribution in [0.5, 0.6) is 5.75 Å². The Labute approximate surface area is 222 Å². The van der Waals surface area contributed by atoms with Gasteiger partial charge < -0.3 is 19.4 Å². The second-order valence-electron chi connectivity index (χ2n) is 9.53. The average molecular weight is 514 g/mol. The molecule has 5 rings (SSSR count). The van der Waals surface area contributed by atoms with E-state index in [-0.39, 0.29) is 17.9 Å². The number of fused-ring (bicyclic) bond motifs is 1. The molecule has 0 bridgehead atoms. The quantitative estimate of drug-likeness (QED) is 0.434. The highest BCUT2D eigenvalue weighted by molar-refractivity contribution is 8.04. The van der Waals surface area contributed by atoms with Crippen LogP contribution in [0.15, 0.2) is 76.5 Å². The van der Waals surface area contributed by atoms with Crippen molar-refractivity contribution in [2.45, 2.75) is 24.8 Å². The number of methoxy groups -OCH3 is 1. The van der Waals surface area contributed by atoms with E-state index in [1.54, 1.807) is 19.1 Å². The summed E-state index contributed by atoms with van der Waals surface area (Å²) in [6.45, 7) is 6.34. The first-order valence-electron chi connectivity index (χ1n) is 12.4. The van der Waals surface area contributed by atoms with Gasteiger partial charge in [-0.1, -0.05) is 47.7 Å². The lowest BCUT2D eigenvalue weighted by Crippen LogP contribution is -2.53. The molecule has 1 fully saturated rings. The van der Waals surface area contributed by atoms with E-state index < -0.39 is 0 Å². The van der Waals surface area contributed by atoms with Gasteiger partial charge in [-0.05, 0) is 56.3 Å².